The van der Waals surface area contributed by atoms with Crippen LogP contribution >= 0.6 is 24.0 Å². The molecule has 2 heterocycles. The second kappa shape index (κ2) is 13.4. The molecular weight excluding hydrogens is 567 g/mol. The van der Waals surface area contributed by atoms with E-state index < -0.39 is 10.9 Å². The van der Waals surface area contributed by atoms with Gasteiger partial charge in [0.05, 0.1) is 12.2 Å². The van der Waals surface area contributed by atoms with Crippen molar-refractivity contribution >= 4 is 35.4 Å². The zero-order chi connectivity index (χ0) is 24.7. The van der Waals surface area contributed by atoms with Gasteiger partial charge in [0.1, 0.15) is 0 Å². The van der Waals surface area contributed by atoms with E-state index in [0.717, 1.165) is 56.0 Å². The van der Waals surface area contributed by atoms with Crippen molar-refractivity contribution in [3.8, 4) is 5.75 Å². The van der Waals surface area contributed by atoms with Gasteiger partial charge in [-0.25, -0.2) is 0 Å². The Morgan fingerprint density at radius 3 is 2.61 bits per heavy atom. The molecule has 2 unspecified atom stereocenters. The molecule has 1 aromatic rings. The van der Waals surface area contributed by atoms with Crippen LogP contribution in [-0.4, -0.2) is 29.7 Å². The van der Waals surface area contributed by atoms with Crippen LogP contribution in [0.1, 0.15) is 71.6 Å². The van der Waals surface area contributed by atoms with Crippen LogP contribution in [-0.2, 0) is 9.53 Å². The molecule has 4 rings (SSSR count). The summed E-state index contributed by atoms with van der Waals surface area (Å²) < 4.78 is 11.4. The van der Waals surface area contributed by atoms with E-state index in [2.05, 4.69) is 24.8 Å². The third-order valence-electron chi connectivity index (χ3n) is 6.84. The molecule has 0 saturated carbocycles. The van der Waals surface area contributed by atoms with Crippen LogP contribution in [0.2, 0.25) is 0 Å². The molecule has 2 atom stereocenters. The number of Topliss-reactive ketones (excluding diaryl/α,β-unsaturated/α-hetero) is 1. The van der Waals surface area contributed by atoms with Crippen LogP contribution < -0.4 is 9.64 Å². The number of hydrogen-bond donors (Lipinski definition) is 0. The summed E-state index contributed by atoms with van der Waals surface area (Å²) in [7, 11) is 0. The lowest BCUT2D eigenvalue weighted by molar-refractivity contribution is -0.868. The van der Waals surface area contributed by atoms with E-state index in [4.69, 9.17) is 9.47 Å². The standard InChI is InChI=1S/C29H38N2O4.HI/c1-3-5-7-11-21-30-23-15-9-10-17-25(23)34-27(30)19-14-20-28-31(33,22-12-8-6-4-2)29-24(32)16-13-18-26(29)35-28;/h9-10,13-15,17-20,28H,3-8,11-12,16,21-22H2,1-2H3;1H. The molecule has 0 saturated heterocycles. The van der Waals surface area contributed by atoms with E-state index in [1.807, 2.05) is 30.4 Å². The number of unbranched alkanes of at least 4 members (excludes halogenated alkanes) is 6. The number of carbonyl (C=O) groups is 1. The summed E-state index contributed by atoms with van der Waals surface area (Å²) in [6, 6.07) is 8.05. The number of carbonyl (C=O) groups excluding carboxylic acids is 1. The molecule has 1 aliphatic carbocycles. The van der Waals surface area contributed by atoms with Crippen molar-refractivity contribution in [3.63, 3.8) is 0 Å². The molecular formula is C29H39IN2O4. The second-order valence-corrected chi connectivity index (χ2v) is 9.50. The highest BCUT2D eigenvalue weighted by atomic mass is 127. The van der Waals surface area contributed by atoms with Crippen molar-refractivity contribution in [1.29, 1.82) is 0 Å². The fraction of sp³-hybridized carbons (Fsp3) is 0.483. The van der Waals surface area contributed by atoms with Crippen LogP contribution in [0.4, 0.5) is 5.69 Å². The van der Waals surface area contributed by atoms with Crippen molar-refractivity contribution in [2.45, 2.75) is 77.9 Å². The second-order valence-electron chi connectivity index (χ2n) is 9.50. The maximum Gasteiger partial charge on any atom is 0.258 e. The number of quaternary nitrogens is 1. The zero-order valence-corrected chi connectivity index (χ0v) is 23.8. The number of benzene rings is 1. The number of nitrogens with zero attached hydrogens (tertiary/aromatic N) is 2. The monoisotopic (exact) mass is 606 g/mol. The minimum Gasteiger partial charge on any atom is -0.624 e. The number of anilines is 1. The Morgan fingerprint density at radius 1 is 1.08 bits per heavy atom. The SMILES string of the molecule is CCCCCCN1C(=CC=CC2OC3=C(C(=O)CC=C3)[N+]2([O-])CCCCCC)Oc2ccccc21.I. The number of allylic oxidation sites excluding steroid dienone is 5. The molecule has 6 nitrogen and oxygen atoms in total. The molecule has 0 bridgehead atoms. The minimum atomic E-state index is -0.771. The van der Waals surface area contributed by atoms with Crippen molar-refractivity contribution in [2.75, 3.05) is 18.0 Å². The van der Waals surface area contributed by atoms with Crippen LogP contribution in [0.5, 0.6) is 5.75 Å². The van der Waals surface area contributed by atoms with Gasteiger partial charge in [-0.2, -0.15) is 0 Å². The van der Waals surface area contributed by atoms with Crippen molar-refractivity contribution in [2.24, 2.45) is 0 Å². The summed E-state index contributed by atoms with van der Waals surface area (Å²) in [4.78, 5) is 14.9. The molecule has 3 aliphatic rings. The summed E-state index contributed by atoms with van der Waals surface area (Å²) in [5.41, 5.74) is 1.34. The molecule has 0 amide bonds. The van der Waals surface area contributed by atoms with E-state index in [-0.39, 0.29) is 41.9 Å². The summed E-state index contributed by atoms with van der Waals surface area (Å²) >= 11 is 0. The Bertz CT molecular complexity index is 1030. The molecule has 0 aromatic heterocycles. The third kappa shape index (κ3) is 6.23. The summed E-state index contributed by atoms with van der Waals surface area (Å²) in [6.45, 7) is 5.58. The van der Waals surface area contributed by atoms with E-state index in [1.54, 1.807) is 18.2 Å². The number of halogens is 1. The summed E-state index contributed by atoms with van der Waals surface area (Å²) in [6.07, 6.45) is 17.2. The van der Waals surface area contributed by atoms with Gasteiger partial charge in [-0.05, 0) is 43.5 Å². The minimum absolute atomic E-state index is 0. The Balaban J connectivity index is 0.00000361. The number of para-hydroxylation sites is 2. The molecule has 1 aromatic carbocycles. The van der Waals surface area contributed by atoms with Gasteiger partial charge >= 0.3 is 0 Å². The number of fused-ring (bicyclic) bond motifs is 1. The lowest BCUT2D eigenvalue weighted by atomic mass is 10.1. The van der Waals surface area contributed by atoms with Gasteiger partial charge in [0.25, 0.3) is 6.23 Å². The van der Waals surface area contributed by atoms with Crippen LogP contribution in [0, 0.1) is 5.21 Å². The topological polar surface area (TPSA) is 61.8 Å². The number of ketones is 1. The predicted octanol–water partition coefficient (Wildman–Crippen LogP) is 7.47. The van der Waals surface area contributed by atoms with Gasteiger partial charge in [0.15, 0.2) is 11.5 Å². The lowest BCUT2D eigenvalue weighted by Gasteiger charge is -2.41. The smallest absolute Gasteiger partial charge is 0.258 e. The first-order valence-corrected chi connectivity index (χ1v) is 13.2. The predicted molar refractivity (Wildman–Crippen MR) is 154 cm³/mol. The van der Waals surface area contributed by atoms with Crippen LogP contribution in [0.25, 0.3) is 0 Å². The number of hydroxylamine groups is 3. The first-order chi connectivity index (χ1) is 17.1. The third-order valence-corrected chi connectivity index (χ3v) is 6.84. The van der Waals surface area contributed by atoms with E-state index in [9.17, 15) is 10.0 Å². The first-order valence-electron chi connectivity index (χ1n) is 13.2. The summed E-state index contributed by atoms with van der Waals surface area (Å²) in [5, 5.41) is 14.0. The average Bonchev–Trinajstić information content (AvgIpc) is 3.35. The fourth-order valence-electron chi connectivity index (χ4n) is 4.95. The lowest BCUT2D eigenvalue weighted by Crippen LogP contribution is -2.48. The van der Waals surface area contributed by atoms with Gasteiger partial charge in [-0.15, -0.1) is 24.0 Å². The molecule has 0 fully saturated rings. The molecule has 36 heavy (non-hydrogen) atoms. The van der Waals surface area contributed by atoms with Gasteiger partial charge < -0.3 is 19.6 Å². The maximum absolute atomic E-state index is 14.0. The number of ether oxygens (including phenoxy) is 2. The molecule has 196 valence electrons. The Morgan fingerprint density at radius 2 is 1.83 bits per heavy atom. The number of hydrogen-bond acceptors (Lipinski definition) is 5. The molecule has 0 radical (unpaired) electrons. The van der Waals surface area contributed by atoms with Crippen LogP contribution in [0.3, 0.4) is 0 Å². The highest BCUT2D eigenvalue weighted by Crippen LogP contribution is 2.40. The van der Waals surface area contributed by atoms with Crippen molar-refractivity contribution < 1.29 is 18.9 Å². The van der Waals surface area contributed by atoms with Crippen LogP contribution in [0.15, 0.2) is 72.0 Å². The number of rotatable bonds is 12. The van der Waals surface area contributed by atoms with Gasteiger partial charge in [0, 0.05) is 19.0 Å². The molecule has 7 heteroatoms. The molecule has 0 spiro atoms. The van der Waals surface area contributed by atoms with E-state index >= 15 is 0 Å². The Kier molecular flexibility index (Phi) is 10.6. The van der Waals surface area contributed by atoms with Crippen molar-refractivity contribution in [3.05, 3.63) is 77.2 Å². The van der Waals surface area contributed by atoms with Gasteiger partial charge in [0.2, 0.25) is 17.4 Å². The average molecular weight is 607 g/mol. The summed E-state index contributed by atoms with van der Waals surface area (Å²) in [5.74, 6) is 1.89. The largest absolute Gasteiger partial charge is 0.624 e. The Hall–Kier alpha value is -2.10. The highest BCUT2D eigenvalue weighted by Gasteiger charge is 2.46. The first kappa shape index (κ1) is 28.5. The molecule has 2 aliphatic heterocycles. The quantitative estimate of drug-likeness (QED) is 0.107. The van der Waals surface area contributed by atoms with E-state index in [1.165, 1.54) is 19.3 Å². The highest BCUT2D eigenvalue weighted by molar-refractivity contribution is 14.0. The zero-order valence-electron chi connectivity index (χ0n) is 21.5. The Labute approximate surface area is 232 Å². The van der Waals surface area contributed by atoms with Gasteiger partial charge in [-0.1, -0.05) is 70.2 Å². The maximum atomic E-state index is 14.0. The fourth-order valence-corrected chi connectivity index (χ4v) is 4.95. The van der Waals surface area contributed by atoms with E-state index in [0.29, 0.717) is 12.3 Å². The molecule has 0 N–H and O–H groups in total. The van der Waals surface area contributed by atoms with Gasteiger partial charge in [-0.3, -0.25) is 9.44 Å². The normalized spacial score (nSPS) is 23.6. The van der Waals surface area contributed by atoms with Crippen molar-refractivity contribution in [1.82, 2.24) is 0 Å².